The van der Waals surface area contributed by atoms with Crippen LogP contribution in [-0.4, -0.2) is 67.8 Å². The van der Waals surface area contributed by atoms with Crippen LogP contribution in [-0.2, 0) is 43.1 Å². The van der Waals surface area contributed by atoms with E-state index in [4.69, 9.17) is 23.9 Å². The van der Waals surface area contributed by atoms with Crippen molar-refractivity contribution in [3.05, 3.63) is 98.9 Å². The van der Waals surface area contributed by atoms with Crippen LogP contribution in [0, 0.1) is 13.8 Å². The normalized spacial score (nSPS) is 12.5. The standard InChI is InChI=1S/C41H48N2O7S/c1-28-9-6-7-10-35(28)40(46)43-19-18-31-26-32(14-17-36(31)43)39-29(2)51-37(42-39)27-33(44)25-30-12-15-34(16-13-30)49-24-23-48-22-21-47-20-8-11-38(45)50-41(3,4)5/h6-7,9-10,12-17,26H,8,11,18-25,27H2,1-5H3. The highest BCUT2D eigenvalue weighted by Crippen LogP contribution is 2.35. The van der Waals surface area contributed by atoms with Gasteiger partial charge in [0.25, 0.3) is 5.91 Å². The number of amides is 1. The lowest BCUT2D eigenvalue weighted by molar-refractivity contribution is -0.155. The van der Waals surface area contributed by atoms with Crippen LogP contribution in [0.15, 0.2) is 66.7 Å². The molecule has 3 aromatic carbocycles. The van der Waals surface area contributed by atoms with Gasteiger partial charge in [-0.3, -0.25) is 14.4 Å². The number of aromatic nitrogens is 1. The monoisotopic (exact) mass is 712 g/mol. The number of ether oxygens (including phenoxy) is 4. The highest BCUT2D eigenvalue weighted by Gasteiger charge is 2.27. The molecule has 0 aliphatic carbocycles. The summed E-state index contributed by atoms with van der Waals surface area (Å²) in [7, 11) is 0. The largest absolute Gasteiger partial charge is 0.491 e. The Bertz CT molecular complexity index is 1810. The first-order valence-corrected chi connectivity index (χ1v) is 18.4. The van der Waals surface area contributed by atoms with Gasteiger partial charge in [0.05, 0.1) is 31.9 Å². The molecule has 0 saturated heterocycles. The van der Waals surface area contributed by atoms with Crippen LogP contribution in [0.3, 0.4) is 0 Å². The molecule has 1 amide bonds. The molecule has 10 heteroatoms. The molecule has 5 rings (SSSR count). The highest BCUT2D eigenvalue weighted by atomic mass is 32.1. The molecule has 270 valence electrons. The van der Waals surface area contributed by atoms with Crippen LogP contribution in [0.25, 0.3) is 11.3 Å². The Morgan fingerprint density at radius 1 is 0.863 bits per heavy atom. The minimum absolute atomic E-state index is 0.0293. The first-order chi connectivity index (χ1) is 24.5. The van der Waals surface area contributed by atoms with Crippen molar-refractivity contribution in [1.29, 1.82) is 0 Å². The first kappa shape index (κ1) is 37.9. The summed E-state index contributed by atoms with van der Waals surface area (Å²) in [6.45, 7) is 12.4. The van der Waals surface area contributed by atoms with Crippen LogP contribution in [0.5, 0.6) is 5.75 Å². The molecule has 4 aromatic rings. The van der Waals surface area contributed by atoms with Crippen LogP contribution in [0.1, 0.15) is 70.5 Å². The van der Waals surface area contributed by atoms with E-state index in [0.29, 0.717) is 64.6 Å². The minimum atomic E-state index is -0.466. The van der Waals surface area contributed by atoms with E-state index in [1.165, 1.54) is 0 Å². The van der Waals surface area contributed by atoms with E-state index in [1.54, 1.807) is 11.3 Å². The average molecular weight is 713 g/mol. The molecule has 0 spiro atoms. The SMILES string of the molecule is Cc1ccccc1C(=O)N1CCc2cc(-c3nc(CC(=O)Cc4ccc(OCCOCCOCCCC(=O)OC(C)(C)C)cc4)sc3C)ccc21. The second-order valence-corrected chi connectivity index (χ2v) is 15.0. The summed E-state index contributed by atoms with van der Waals surface area (Å²) in [5.41, 5.74) is 6.14. The Labute approximate surface area is 304 Å². The second-order valence-electron chi connectivity index (χ2n) is 13.7. The molecule has 0 fully saturated rings. The van der Waals surface area contributed by atoms with E-state index in [9.17, 15) is 14.4 Å². The number of hydrogen-bond acceptors (Lipinski definition) is 9. The van der Waals surface area contributed by atoms with E-state index in [-0.39, 0.29) is 24.1 Å². The summed E-state index contributed by atoms with van der Waals surface area (Å²) < 4.78 is 22.1. The zero-order chi connectivity index (χ0) is 36.4. The highest BCUT2D eigenvalue weighted by molar-refractivity contribution is 7.12. The van der Waals surface area contributed by atoms with Gasteiger partial charge in [-0.15, -0.1) is 11.3 Å². The number of thiazole rings is 1. The molecule has 2 heterocycles. The maximum absolute atomic E-state index is 13.3. The molecule has 0 bridgehead atoms. The summed E-state index contributed by atoms with van der Waals surface area (Å²) in [6.07, 6.45) is 2.34. The summed E-state index contributed by atoms with van der Waals surface area (Å²) in [4.78, 5) is 45.8. The molecule has 9 nitrogen and oxygen atoms in total. The van der Waals surface area contributed by atoms with Gasteiger partial charge in [0.1, 0.15) is 28.7 Å². The summed E-state index contributed by atoms with van der Waals surface area (Å²) in [5, 5.41) is 0.801. The topological polar surface area (TPSA) is 104 Å². The first-order valence-electron chi connectivity index (χ1n) is 17.5. The molecule has 51 heavy (non-hydrogen) atoms. The molecule has 0 atom stereocenters. The van der Waals surface area contributed by atoms with Crippen molar-refractivity contribution in [2.24, 2.45) is 0 Å². The predicted octanol–water partition coefficient (Wildman–Crippen LogP) is 7.52. The molecule has 1 aliphatic heterocycles. The Morgan fingerprint density at radius 2 is 1.59 bits per heavy atom. The lowest BCUT2D eigenvalue weighted by Crippen LogP contribution is -2.29. The molecule has 0 radical (unpaired) electrons. The van der Waals surface area contributed by atoms with Gasteiger partial charge >= 0.3 is 5.97 Å². The van der Waals surface area contributed by atoms with Gasteiger partial charge in [-0.2, -0.15) is 0 Å². The minimum Gasteiger partial charge on any atom is -0.491 e. The molecule has 0 N–H and O–H groups in total. The molecular formula is C41H48N2O7S. The number of rotatable bonds is 17. The van der Waals surface area contributed by atoms with Crippen LogP contribution >= 0.6 is 11.3 Å². The lowest BCUT2D eigenvalue weighted by atomic mass is 10.0. The molecular weight excluding hydrogens is 665 g/mol. The van der Waals surface area contributed by atoms with E-state index in [0.717, 1.165) is 55.5 Å². The van der Waals surface area contributed by atoms with Gasteiger partial charge < -0.3 is 23.8 Å². The molecule has 1 aliphatic rings. The van der Waals surface area contributed by atoms with Crippen LogP contribution < -0.4 is 9.64 Å². The van der Waals surface area contributed by atoms with Gasteiger partial charge in [-0.05, 0) is 94.5 Å². The third-order valence-electron chi connectivity index (χ3n) is 8.34. The number of esters is 1. The van der Waals surface area contributed by atoms with Crippen molar-refractivity contribution < 1.29 is 33.3 Å². The summed E-state index contributed by atoms with van der Waals surface area (Å²) in [5.74, 6) is 0.630. The van der Waals surface area contributed by atoms with E-state index >= 15 is 0 Å². The van der Waals surface area contributed by atoms with E-state index < -0.39 is 5.60 Å². The molecule has 0 unspecified atom stereocenters. The third kappa shape index (κ3) is 11.1. The van der Waals surface area contributed by atoms with Gasteiger partial charge in [0, 0.05) is 47.7 Å². The summed E-state index contributed by atoms with van der Waals surface area (Å²) in [6, 6.07) is 21.4. The number of benzene rings is 3. The fourth-order valence-electron chi connectivity index (χ4n) is 5.93. The fraction of sp³-hybridized carbons (Fsp3) is 0.415. The van der Waals surface area contributed by atoms with Crippen molar-refractivity contribution in [2.45, 2.75) is 72.3 Å². The number of carbonyl (C=O) groups is 3. The fourth-order valence-corrected chi connectivity index (χ4v) is 6.91. The number of anilines is 1. The number of carbonyl (C=O) groups excluding carboxylic acids is 3. The Hall–Kier alpha value is -4.38. The number of fused-ring (bicyclic) bond motifs is 1. The number of hydrogen-bond donors (Lipinski definition) is 0. The predicted molar refractivity (Wildman–Crippen MR) is 200 cm³/mol. The van der Waals surface area contributed by atoms with Crippen LogP contribution in [0.4, 0.5) is 5.69 Å². The molecule has 1 aromatic heterocycles. The zero-order valence-electron chi connectivity index (χ0n) is 30.3. The zero-order valence-corrected chi connectivity index (χ0v) is 31.1. The lowest BCUT2D eigenvalue weighted by Gasteiger charge is -2.19. The van der Waals surface area contributed by atoms with Crippen molar-refractivity contribution >= 4 is 34.7 Å². The average Bonchev–Trinajstić information content (AvgIpc) is 3.67. The smallest absolute Gasteiger partial charge is 0.306 e. The van der Waals surface area contributed by atoms with Crippen molar-refractivity contribution in [1.82, 2.24) is 4.98 Å². The van der Waals surface area contributed by atoms with Crippen molar-refractivity contribution in [3.8, 4) is 17.0 Å². The van der Waals surface area contributed by atoms with Crippen molar-refractivity contribution in [3.63, 3.8) is 0 Å². The number of nitrogens with zero attached hydrogens (tertiary/aromatic N) is 2. The van der Waals surface area contributed by atoms with Gasteiger partial charge in [-0.25, -0.2) is 4.98 Å². The van der Waals surface area contributed by atoms with Crippen LogP contribution in [0.2, 0.25) is 0 Å². The van der Waals surface area contributed by atoms with Gasteiger partial charge in [-0.1, -0.05) is 36.4 Å². The van der Waals surface area contributed by atoms with Gasteiger partial charge in [0.2, 0.25) is 0 Å². The number of Topliss-reactive ketones (excluding diaryl/α,β-unsaturated/α-hetero) is 1. The Morgan fingerprint density at radius 3 is 2.33 bits per heavy atom. The molecule has 0 saturated carbocycles. The third-order valence-corrected chi connectivity index (χ3v) is 9.31. The summed E-state index contributed by atoms with van der Waals surface area (Å²) >= 11 is 1.56. The second kappa shape index (κ2) is 17.7. The van der Waals surface area contributed by atoms with E-state index in [2.05, 4.69) is 6.07 Å². The maximum Gasteiger partial charge on any atom is 0.306 e. The number of aryl methyl sites for hydroxylation is 2. The number of ketones is 1. The van der Waals surface area contributed by atoms with Gasteiger partial charge in [0.15, 0.2) is 0 Å². The Balaban J connectivity index is 1.01. The van der Waals surface area contributed by atoms with Crippen molar-refractivity contribution in [2.75, 3.05) is 44.5 Å². The quantitative estimate of drug-likeness (QED) is 0.0819. The van der Waals surface area contributed by atoms with E-state index in [1.807, 2.05) is 100 Å². The maximum atomic E-state index is 13.3. The Kier molecular flexibility index (Phi) is 13.1.